The van der Waals surface area contributed by atoms with Crippen LogP contribution in [0.2, 0.25) is 0 Å². The molecule has 0 aliphatic heterocycles. The van der Waals surface area contributed by atoms with Gasteiger partial charge in [-0.25, -0.2) is 0 Å². The Morgan fingerprint density at radius 1 is 1.21 bits per heavy atom. The molecule has 0 amide bonds. The minimum absolute atomic E-state index is 0.422. The highest BCUT2D eigenvalue weighted by Gasteiger charge is 2.03. The number of rotatable bonds is 4. The van der Waals surface area contributed by atoms with Crippen molar-refractivity contribution in [3.63, 3.8) is 0 Å². The summed E-state index contributed by atoms with van der Waals surface area (Å²) in [4.78, 5) is 1.35. The van der Waals surface area contributed by atoms with Gasteiger partial charge in [-0.1, -0.05) is 36.1 Å². The Kier molecular flexibility index (Phi) is 5.53. The monoisotopic (exact) mass is 287 g/mol. The molecule has 0 bridgehead atoms. The van der Waals surface area contributed by atoms with Crippen molar-refractivity contribution in [1.82, 2.24) is 0 Å². The summed E-state index contributed by atoms with van der Waals surface area (Å²) in [7, 11) is 0. The van der Waals surface area contributed by atoms with E-state index in [0.717, 1.165) is 17.1 Å². The topological polar surface area (TPSA) is 26.0 Å². The molecule has 1 aromatic carbocycles. The molecule has 0 saturated heterocycles. The van der Waals surface area contributed by atoms with Gasteiger partial charge in [-0.2, -0.15) is 11.8 Å². The normalized spacial score (nSPS) is 10.0. The zero-order valence-electron chi connectivity index (χ0n) is 11.0. The molecule has 1 heterocycles. The number of nitrogens with two attached hydrogens (primary N) is 1. The third-order valence-corrected chi connectivity index (χ3v) is 4.93. The highest BCUT2D eigenvalue weighted by atomic mass is 32.2. The lowest BCUT2D eigenvalue weighted by atomic mass is 10.1. The highest BCUT2D eigenvalue weighted by molar-refractivity contribution is 7.97. The van der Waals surface area contributed by atoms with E-state index in [9.17, 15) is 0 Å². The van der Waals surface area contributed by atoms with E-state index in [-0.39, 0.29) is 0 Å². The summed E-state index contributed by atoms with van der Waals surface area (Å²) in [5, 5.41) is 2.10. The molecule has 0 atom stereocenters. The van der Waals surface area contributed by atoms with E-state index in [0.29, 0.717) is 6.54 Å². The first-order valence-corrected chi connectivity index (χ1v) is 8.22. The lowest BCUT2D eigenvalue weighted by molar-refractivity contribution is 1.30. The third kappa shape index (κ3) is 4.14. The fourth-order valence-corrected chi connectivity index (χ4v) is 3.86. The van der Waals surface area contributed by atoms with Gasteiger partial charge >= 0.3 is 0 Å². The highest BCUT2D eigenvalue weighted by Crippen LogP contribution is 2.25. The summed E-state index contributed by atoms with van der Waals surface area (Å²) in [5.41, 5.74) is 9.33. The zero-order chi connectivity index (χ0) is 13.5. The molecule has 0 saturated carbocycles. The van der Waals surface area contributed by atoms with Crippen molar-refractivity contribution >= 4 is 23.1 Å². The minimum Gasteiger partial charge on any atom is -0.320 e. The number of hydrogen-bond donors (Lipinski definition) is 1. The van der Waals surface area contributed by atoms with E-state index < -0.39 is 0 Å². The maximum atomic E-state index is 5.41. The van der Waals surface area contributed by atoms with Crippen molar-refractivity contribution in [1.29, 1.82) is 0 Å². The third-order valence-electron chi connectivity index (χ3n) is 2.82. The van der Waals surface area contributed by atoms with Gasteiger partial charge in [-0.05, 0) is 29.5 Å². The van der Waals surface area contributed by atoms with Crippen molar-refractivity contribution in [2.45, 2.75) is 18.4 Å². The first kappa shape index (κ1) is 14.2. The van der Waals surface area contributed by atoms with Crippen molar-refractivity contribution in [2.24, 2.45) is 5.73 Å². The van der Waals surface area contributed by atoms with Gasteiger partial charge in [0.05, 0.1) is 6.54 Å². The van der Waals surface area contributed by atoms with E-state index in [1.54, 1.807) is 11.3 Å². The molecule has 0 radical (unpaired) electrons. The number of thioether (sulfide) groups is 1. The predicted molar refractivity (Wildman–Crippen MR) is 86.4 cm³/mol. The molecule has 0 fully saturated rings. The molecule has 0 aliphatic carbocycles. The summed E-state index contributed by atoms with van der Waals surface area (Å²) >= 11 is 3.71. The Labute approximate surface area is 123 Å². The van der Waals surface area contributed by atoms with E-state index in [1.807, 2.05) is 11.8 Å². The summed E-state index contributed by atoms with van der Waals surface area (Å²) in [5.74, 6) is 8.12. The fourth-order valence-electron chi connectivity index (χ4n) is 1.74. The van der Waals surface area contributed by atoms with Crippen molar-refractivity contribution in [3.8, 4) is 11.8 Å². The lowest BCUT2D eigenvalue weighted by Gasteiger charge is -2.04. The largest absolute Gasteiger partial charge is 0.320 e. The maximum absolute atomic E-state index is 5.41. The molecule has 2 N–H and O–H groups in total. The van der Waals surface area contributed by atoms with Crippen LogP contribution in [-0.2, 0) is 11.5 Å². The smallest absolute Gasteiger partial charge is 0.0555 e. The van der Waals surface area contributed by atoms with Crippen LogP contribution >= 0.6 is 23.1 Å². The molecule has 19 heavy (non-hydrogen) atoms. The number of aryl methyl sites for hydroxylation is 1. The van der Waals surface area contributed by atoms with Crippen LogP contribution in [0, 0.1) is 18.8 Å². The Balaban J connectivity index is 1.93. The number of hydrogen-bond acceptors (Lipinski definition) is 3. The lowest BCUT2D eigenvalue weighted by Crippen LogP contribution is -1.93. The van der Waals surface area contributed by atoms with Gasteiger partial charge in [-0.3, -0.25) is 0 Å². The molecular formula is C16H17NS2. The van der Waals surface area contributed by atoms with E-state index in [2.05, 4.69) is 54.5 Å². The second-order valence-corrected chi connectivity index (χ2v) is 6.17. The molecule has 0 unspecified atom stereocenters. The fraction of sp³-hybridized carbons (Fsp3) is 0.250. The van der Waals surface area contributed by atoms with Gasteiger partial charge in [0, 0.05) is 21.9 Å². The number of benzene rings is 1. The minimum atomic E-state index is 0.422. The van der Waals surface area contributed by atoms with Crippen LogP contribution in [0.3, 0.4) is 0 Å². The van der Waals surface area contributed by atoms with Crippen molar-refractivity contribution in [3.05, 3.63) is 57.3 Å². The van der Waals surface area contributed by atoms with Crippen LogP contribution in [0.5, 0.6) is 0 Å². The first-order valence-electron chi connectivity index (χ1n) is 6.19. The molecule has 2 aromatic rings. The van der Waals surface area contributed by atoms with Crippen LogP contribution in [0.15, 0.2) is 35.7 Å². The van der Waals surface area contributed by atoms with E-state index in [4.69, 9.17) is 5.73 Å². The Hall–Kier alpha value is -1.21. The zero-order valence-corrected chi connectivity index (χ0v) is 12.6. The van der Waals surface area contributed by atoms with Gasteiger partial charge in [0.2, 0.25) is 0 Å². The SMILES string of the molecule is Cc1ccccc1CSCc1sccc1C#CCN. The molecule has 2 rings (SSSR count). The van der Waals surface area contributed by atoms with Crippen LogP contribution in [-0.4, -0.2) is 6.54 Å². The van der Waals surface area contributed by atoms with Gasteiger partial charge in [0.25, 0.3) is 0 Å². The van der Waals surface area contributed by atoms with Crippen molar-refractivity contribution in [2.75, 3.05) is 6.54 Å². The van der Waals surface area contributed by atoms with Gasteiger partial charge in [-0.15, -0.1) is 11.3 Å². The number of thiophene rings is 1. The van der Waals surface area contributed by atoms with Gasteiger partial charge in [0.1, 0.15) is 0 Å². The molecule has 1 aromatic heterocycles. The summed E-state index contributed by atoms with van der Waals surface area (Å²) in [6.45, 7) is 2.59. The molecule has 0 spiro atoms. The Morgan fingerprint density at radius 3 is 2.84 bits per heavy atom. The molecule has 0 aliphatic rings. The molecular weight excluding hydrogens is 270 g/mol. The van der Waals surface area contributed by atoms with Crippen LogP contribution in [0.4, 0.5) is 0 Å². The summed E-state index contributed by atoms with van der Waals surface area (Å²) in [6, 6.07) is 10.6. The predicted octanol–water partition coefficient (Wildman–Crippen LogP) is 3.80. The molecule has 3 heteroatoms. The average molecular weight is 287 g/mol. The van der Waals surface area contributed by atoms with Crippen LogP contribution in [0.1, 0.15) is 21.6 Å². The van der Waals surface area contributed by atoms with Crippen LogP contribution < -0.4 is 5.73 Å². The van der Waals surface area contributed by atoms with E-state index >= 15 is 0 Å². The Bertz CT molecular complexity index is 590. The molecule has 98 valence electrons. The first-order chi connectivity index (χ1) is 9.31. The van der Waals surface area contributed by atoms with Gasteiger partial charge < -0.3 is 5.73 Å². The standard InChI is InChI=1S/C16H17NS2/c1-13-5-2-3-6-15(13)11-18-12-16-14(7-4-9-17)8-10-19-16/h2-3,5-6,8,10H,9,11-12,17H2,1H3. The van der Waals surface area contributed by atoms with Gasteiger partial charge in [0.15, 0.2) is 0 Å². The van der Waals surface area contributed by atoms with Crippen molar-refractivity contribution < 1.29 is 0 Å². The van der Waals surface area contributed by atoms with Crippen LogP contribution in [0.25, 0.3) is 0 Å². The molecule has 1 nitrogen and oxygen atoms in total. The second kappa shape index (κ2) is 7.40. The quantitative estimate of drug-likeness (QED) is 0.866. The summed E-state index contributed by atoms with van der Waals surface area (Å²) in [6.07, 6.45) is 0. The summed E-state index contributed by atoms with van der Waals surface area (Å²) < 4.78 is 0. The Morgan fingerprint density at radius 2 is 2.05 bits per heavy atom. The van der Waals surface area contributed by atoms with E-state index in [1.165, 1.54) is 16.0 Å². The average Bonchev–Trinajstić information content (AvgIpc) is 2.86. The maximum Gasteiger partial charge on any atom is 0.0555 e. The second-order valence-electron chi connectivity index (χ2n) is 4.18.